The summed E-state index contributed by atoms with van der Waals surface area (Å²) in [5.41, 5.74) is 4.03. The summed E-state index contributed by atoms with van der Waals surface area (Å²) in [6, 6.07) is 16.3. The van der Waals surface area contributed by atoms with E-state index in [1.54, 1.807) is 28.4 Å². The number of halogens is 1. The van der Waals surface area contributed by atoms with Crippen LogP contribution in [0.1, 0.15) is 41.5 Å². The summed E-state index contributed by atoms with van der Waals surface area (Å²) in [5.74, 6) is -0.224. The number of benzene rings is 2. The van der Waals surface area contributed by atoms with Gasteiger partial charge in [-0.3, -0.25) is 9.69 Å². The van der Waals surface area contributed by atoms with E-state index in [-0.39, 0.29) is 36.4 Å². The molecule has 3 aromatic rings. The van der Waals surface area contributed by atoms with Crippen LogP contribution in [0.25, 0.3) is 0 Å². The lowest BCUT2D eigenvalue weighted by atomic mass is 9.93. The van der Waals surface area contributed by atoms with Crippen LogP contribution < -0.4 is 5.32 Å². The van der Waals surface area contributed by atoms with Crippen molar-refractivity contribution in [1.29, 1.82) is 0 Å². The lowest BCUT2D eigenvalue weighted by Gasteiger charge is -2.41. The Morgan fingerprint density at radius 2 is 1.89 bits per heavy atom. The van der Waals surface area contributed by atoms with Crippen LogP contribution in [0, 0.1) is 5.82 Å². The molecule has 1 fully saturated rings. The van der Waals surface area contributed by atoms with Crippen molar-refractivity contribution in [2.75, 3.05) is 38.0 Å². The molecule has 8 heteroatoms. The molecule has 37 heavy (non-hydrogen) atoms. The van der Waals surface area contributed by atoms with Gasteiger partial charge in [0.1, 0.15) is 5.82 Å². The molecule has 1 saturated heterocycles. The van der Waals surface area contributed by atoms with Gasteiger partial charge in [0.05, 0.1) is 12.6 Å². The highest BCUT2D eigenvalue weighted by Gasteiger charge is 2.34. The molecule has 0 bridgehead atoms. The van der Waals surface area contributed by atoms with Crippen LogP contribution in [0.3, 0.4) is 0 Å². The molecule has 2 unspecified atom stereocenters. The maximum atomic E-state index is 14.1. The summed E-state index contributed by atoms with van der Waals surface area (Å²) in [5, 5.41) is 5.06. The van der Waals surface area contributed by atoms with Gasteiger partial charge in [0.15, 0.2) is 0 Å². The Morgan fingerprint density at radius 1 is 1.08 bits per heavy atom. The molecule has 2 aliphatic heterocycles. The quantitative estimate of drug-likeness (QED) is 0.506. The van der Waals surface area contributed by atoms with Crippen molar-refractivity contribution < 1.29 is 14.0 Å². The number of fused-ring (bicyclic) bond motifs is 1. The largest absolute Gasteiger partial charge is 0.338 e. The lowest BCUT2D eigenvalue weighted by molar-refractivity contribution is -0.135. The molecule has 3 amide bonds. The first kappa shape index (κ1) is 25.4. The SMILES string of the molecule is CCc1ccc(NC(=O)N2CCN(C(=O)CN3CCc4sccc4C3c3cccc(F)c3)CC2C)cc1. The number of anilines is 1. The highest BCUT2D eigenvalue weighted by Crippen LogP contribution is 2.37. The number of rotatable bonds is 5. The molecule has 6 nitrogen and oxygen atoms in total. The van der Waals surface area contributed by atoms with Crippen LogP contribution >= 0.6 is 11.3 Å². The number of urea groups is 1. The average Bonchev–Trinajstić information content (AvgIpc) is 3.37. The van der Waals surface area contributed by atoms with Gasteiger partial charge in [-0.2, -0.15) is 0 Å². The van der Waals surface area contributed by atoms with Crippen LogP contribution in [-0.4, -0.2) is 65.4 Å². The van der Waals surface area contributed by atoms with Crippen molar-refractivity contribution in [1.82, 2.24) is 14.7 Å². The Labute approximate surface area is 221 Å². The number of carbonyl (C=O) groups is 2. The van der Waals surface area contributed by atoms with Gasteiger partial charge in [-0.25, -0.2) is 9.18 Å². The first-order valence-corrected chi connectivity index (χ1v) is 13.8. The lowest BCUT2D eigenvalue weighted by Crippen LogP contribution is -2.58. The molecule has 2 aliphatic rings. The molecule has 3 heterocycles. The number of carbonyl (C=O) groups excluding carboxylic acids is 2. The maximum Gasteiger partial charge on any atom is 0.322 e. The van der Waals surface area contributed by atoms with Crippen LogP contribution in [0.15, 0.2) is 60.0 Å². The highest BCUT2D eigenvalue weighted by molar-refractivity contribution is 7.10. The third-order valence-corrected chi connectivity index (χ3v) is 8.42. The molecule has 0 spiro atoms. The Bertz CT molecular complexity index is 1260. The fraction of sp³-hybridized carbons (Fsp3) is 0.379. The second kappa shape index (κ2) is 11.0. The van der Waals surface area contributed by atoms with Crippen molar-refractivity contribution in [2.45, 2.75) is 38.8 Å². The molecule has 1 N–H and O–H groups in total. The average molecular weight is 521 g/mol. The Hall–Kier alpha value is -3.23. The van der Waals surface area contributed by atoms with Gasteiger partial charge in [0.25, 0.3) is 0 Å². The summed E-state index contributed by atoms with van der Waals surface area (Å²) in [6.07, 6.45) is 1.84. The predicted octanol–water partition coefficient (Wildman–Crippen LogP) is 5.16. The number of hydrogen-bond acceptors (Lipinski definition) is 4. The summed E-state index contributed by atoms with van der Waals surface area (Å²) >= 11 is 1.72. The van der Waals surface area contributed by atoms with Gasteiger partial charge in [0, 0.05) is 42.8 Å². The van der Waals surface area contributed by atoms with Crippen molar-refractivity contribution >= 4 is 29.0 Å². The number of piperazine rings is 1. The third-order valence-electron chi connectivity index (χ3n) is 7.42. The van der Waals surface area contributed by atoms with E-state index >= 15 is 0 Å². The molecule has 2 aromatic carbocycles. The first-order valence-electron chi connectivity index (χ1n) is 12.9. The molecule has 0 saturated carbocycles. The van der Waals surface area contributed by atoms with E-state index in [0.29, 0.717) is 19.6 Å². The van der Waals surface area contributed by atoms with Crippen molar-refractivity contribution in [3.8, 4) is 0 Å². The molecule has 194 valence electrons. The number of nitrogens with zero attached hydrogens (tertiary/aromatic N) is 3. The minimum atomic E-state index is -0.268. The Kier molecular flexibility index (Phi) is 7.58. The van der Waals surface area contributed by atoms with E-state index in [1.165, 1.54) is 16.5 Å². The maximum absolute atomic E-state index is 14.1. The van der Waals surface area contributed by atoms with E-state index in [1.807, 2.05) is 42.2 Å². The molecule has 0 aliphatic carbocycles. The van der Waals surface area contributed by atoms with Crippen LogP contribution in [0.5, 0.6) is 0 Å². The van der Waals surface area contributed by atoms with E-state index in [4.69, 9.17) is 0 Å². The summed E-state index contributed by atoms with van der Waals surface area (Å²) < 4.78 is 14.1. The van der Waals surface area contributed by atoms with E-state index < -0.39 is 0 Å². The van der Waals surface area contributed by atoms with Crippen LogP contribution in [0.2, 0.25) is 0 Å². The van der Waals surface area contributed by atoms with E-state index in [9.17, 15) is 14.0 Å². The standard InChI is InChI=1S/C29H33FN4O2S/c1-3-21-7-9-24(10-8-21)31-29(36)34-15-14-32(18-20(34)2)27(35)19-33-13-11-26-25(12-16-37-26)28(33)22-5-4-6-23(30)17-22/h4-10,12,16-17,20,28H,3,11,13-15,18-19H2,1-2H3,(H,31,36). The zero-order valence-corrected chi connectivity index (χ0v) is 22.1. The summed E-state index contributed by atoms with van der Waals surface area (Å²) in [4.78, 5) is 33.5. The summed E-state index contributed by atoms with van der Waals surface area (Å²) in [6.45, 7) is 6.55. The van der Waals surface area contributed by atoms with Crippen molar-refractivity contribution in [3.05, 3.63) is 87.4 Å². The number of aryl methyl sites for hydroxylation is 1. The predicted molar refractivity (Wildman–Crippen MR) is 145 cm³/mol. The Balaban J connectivity index is 1.23. The number of thiophene rings is 1. The Morgan fingerprint density at radius 3 is 2.62 bits per heavy atom. The number of hydrogen-bond donors (Lipinski definition) is 1. The van der Waals surface area contributed by atoms with Crippen molar-refractivity contribution in [3.63, 3.8) is 0 Å². The second-order valence-corrected chi connectivity index (χ2v) is 10.8. The second-order valence-electron chi connectivity index (χ2n) is 9.84. The smallest absolute Gasteiger partial charge is 0.322 e. The molecular weight excluding hydrogens is 487 g/mol. The van der Waals surface area contributed by atoms with Gasteiger partial charge in [0.2, 0.25) is 5.91 Å². The monoisotopic (exact) mass is 520 g/mol. The molecule has 5 rings (SSSR count). The molecule has 2 atom stereocenters. The third kappa shape index (κ3) is 5.55. The van der Waals surface area contributed by atoms with Gasteiger partial charge < -0.3 is 15.1 Å². The van der Waals surface area contributed by atoms with E-state index in [0.717, 1.165) is 36.2 Å². The molecule has 1 aromatic heterocycles. The minimum absolute atomic E-state index is 0.0437. The van der Waals surface area contributed by atoms with Gasteiger partial charge in [-0.05, 0) is 72.2 Å². The topological polar surface area (TPSA) is 55.9 Å². The first-order chi connectivity index (χ1) is 17.9. The van der Waals surface area contributed by atoms with Gasteiger partial charge >= 0.3 is 6.03 Å². The highest BCUT2D eigenvalue weighted by atomic mass is 32.1. The normalized spacial score (nSPS) is 20.0. The van der Waals surface area contributed by atoms with E-state index in [2.05, 4.69) is 28.6 Å². The van der Waals surface area contributed by atoms with Gasteiger partial charge in [-0.15, -0.1) is 11.3 Å². The van der Waals surface area contributed by atoms with Gasteiger partial charge in [-0.1, -0.05) is 31.2 Å². The molecule has 0 radical (unpaired) electrons. The number of nitrogens with one attached hydrogen (secondary N) is 1. The minimum Gasteiger partial charge on any atom is -0.338 e. The van der Waals surface area contributed by atoms with Crippen molar-refractivity contribution in [2.24, 2.45) is 0 Å². The zero-order valence-electron chi connectivity index (χ0n) is 21.3. The zero-order chi connectivity index (χ0) is 25.9. The number of amides is 3. The fourth-order valence-electron chi connectivity index (χ4n) is 5.38. The fourth-order valence-corrected chi connectivity index (χ4v) is 6.29. The molecular formula is C29H33FN4O2S. The van der Waals surface area contributed by atoms with Crippen LogP contribution in [-0.2, 0) is 17.6 Å². The van der Waals surface area contributed by atoms with Crippen LogP contribution in [0.4, 0.5) is 14.9 Å². The summed E-state index contributed by atoms with van der Waals surface area (Å²) in [7, 11) is 0.